The van der Waals surface area contributed by atoms with Gasteiger partial charge in [0.25, 0.3) is 5.82 Å². The molecule has 0 unspecified atom stereocenters. The lowest BCUT2D eigenvalue weighted by Crippen LogP contribution is -2.06. The number of rotatable bonds is 5. The Morgan fingerprint density at radius 3 is 3.18 bits per heavy atom. The Morgan fingerprint density at radius 1 is 1.59 bits per heavy atom. The minimum Gasteiger partial charge on any atom is -0.374 e. The van der Waals surface area contributed by atoms with E-state index in [1.165, 1.54) is 17.9 Å². The molecule has 2 aromatic rings. The summed E-state index contributed by atoms with van der Waals surface area (Å²) >= 11 is 1.32. The Morgan fingerprint density at radius 2 is 2.47 bits per heavy atom. The molecule has 88 valence electrons. The second-order valence-electron chi connectivity index (χ2n) is 3.35. The van der Waals surface area contributed by atoms with Crippen LogP contribution >= 0.6 is 11.5 Å². The highest BCUT2D eigenvalue weighted by Gasteiger charge is 2.09. The normalized spacial score (nSPS) is 10.1. The van der Waals surface area contributed by atoms with E-state index in [2.05, 4.69) is 31.9 Å². The molecule has 2 heterocycles. The first-order valence-corrected chi connectivity index (χ1v) is 5.95. The van der Waals surface area contributed by atoms with Gasteiger partial charge in [-0.2, -0.15) is 5.26 Å². The smallest absolute Gasteiger partial charge is 0.252 e. The summed E-state index contributed by atoms with van der Waals surface area (Å²) in [6.07, 6.45) is 2.56. The molecule has 0 saturated carbocycles. The maximum Gasteiger partial charge on any atom is 0.252 e. The number of nitrogens with zero attached hydrogens (tertiary/aromatic N) is 6. The van der Waals surface area contributed by atoms with Crippen molar-refractivity contribution in [2.45, 2.75) is 19.9 Å². The molecule has 7 nitrogen and oxygen atoms in total. The van der Waals surface area contributed by atoms with Gasteiger partial charge in [0.05, 0.1) is 6.54 Å². The molecular formula is C9H11N7S. The van der Waals surface area contributed by atoms with Gasteiger partial charge < -0.3 is 5.32 Å². The number of hydrogen-bond donors (Lipinski definition) is 1. The zero-order chi connectivity index (χ0) is 12.1. The van der Waals surface area contributed by atoms with Crippen molar-refractivity contribution >= 4 is 16.5 Å². The molecule has 2 aromatic heterocycles. The molecule has 2 rings (SSSR count). The summed E-state index contributed by atoms with van der Waals surface area (Å²) in [5, 5.41) is 20.8. The number of nitrogens with one attached hydrogen (secondary N) is 1. The molecule has 0 aliphatic carbocycles. The van der Waals surface area contributed by atoms with Crippen LogP contribution in [0, 0.1) is 11.3 Å². The van der Waals surface area contributed by atoms with Crippen molar-refractivity contribution in [2.75, 3.05) is 11.9 Å². The molecule has 0 atom stereocenters. The van der Waals surface area contributed by atoms with E-state index < -0.39 is 0 Å². The number of hydrogen-bond acceptors (Lipinski definition) is 7. The van der Waals surface area contributed by atoms with E-state index >= 15 is 0 Å². The van der Waals surface area contributed by atoms with E-state index in [0.29, 0.717) is 6.54 Å². The molecule has 0 aliphatic heterocycles. The van der Waals surface area contributed by atoms with Crippen molar-refractivity contribution in [1.82, 2.24) is 24.4 Å². The molecule has 0 fully saturated rings. The van der Waals surface area contributed by atoms with Crippen molar-refractivity contribution < 1.29 is 0 Å². The minimum atomic E-state index is 0.163. The van der Waals surface area contributed by atoms with Crippen LogP contribution in [0.2, 0.25) is 0 Å². The second kappa shape index (κ2) is 5.36. The zero-order valence-corrected chi connectivity index (χ0v) is 10.1. The standard InChI is InChI=1S/C9H11N7S/c1-2-3-11-9-7(13-15-17-9)5-16-6-12-8(4-10)14-16/h6,11H,2-3,5H2,1H3. The fourth-order valence-electron chi connectivity index (χ4n) is 1.26. The van der Waals surface area contributed by atoms with E-state index in [9.17, 15) is 0 Å². The van der Waals surface area contributed by atoms with Gasteiger partial charge in [0.1, 0.15) is 23.1 Å². The molecular weight excluding hydrogens is 238 g/mol. The largest absolute Gasteiger partial charge is 0.374 e. The Labute approximate surface area is 102 Å². The lowest BCUT2D eigenvalue weighted by molar-refractivity contribution is 0.667. The third-order valence-electron chi connectivity index (χ3n) is 2.04. The van der Waals surface area contributed by atoms with Gasteiger partial charge in [-0.1, -0.05) is 11.4 Å². The molecule has 0 aromatic carbocycles. The predicted molar refractivity (Wildman–Crippen MR) is 62.5 cm³/mol. The monoisotopic (exact) mass is 249 g/mol. The van der Waals surface area contributed by atoms with Crippen molar-refractivity contribution in [1.29, 1.82) is 5.26 Å². The summed E-state index contributed by atoms with van der Waals surface area (Å²) in [5.74, 6) is 0.163. The van der Waals surface area contributed by atoms with E-state index in [1.54, 1.807) is 4.68 Å². The van der Waals surface area contributed by atoms with Crippen LogP contribution in [-0.4, -0.2) is 30.9 Å². The van der Waals surface area contributed by atoms with Crippen LogP contribution in [0.25, 0.3) is 0 Å². The van der Waals surface area contributed by atoms with Crippen molar-refractivity contribution in [3.8, 4) is 6.07 Å². The van der Waals surface area contributed by atoms with Crippen LogP contribution < -0.4 is 5.32 Å². The molecule has 0 saturated heterocycles. The predicted octanol–water partition coefficient (Wildman–Crippen LogP) is 0.871. The second-order valence-corrected chi connectivity index (χ2v) is 4.11. The summed E-state index contributed by atoms with van der Waals surface area (Å²) < 4.78 is 5.48. The summed E-state index contributed by atoms with van der Waals surface area (Å²) in [4.78, 5) is 3.83. The van der Waals surface area contributed by atoms with E-state index in [1.807, 2.05) is 6.07 Å². The number of anilines is 1. The van der Waals surface area contributed by atoms with Crippen LogP contribution in [-0.2, 0) is 6.54 Å². The van der Waals surface area contributed by atoms with E-state index in [4.69, 9.17) is 5.26 Å². The van der Waals surface area contributed by atoms with Gasteiger partial charge in [-0.05, 0) is 6.42 Å². The Bertz CT molecular complexity index is 523. The third-order valence-corrected chi connectivity index (χ3v) is 2.77. The van der Waals surface area contributed by atoms with Crippen LogP contribution in [0.4, 0.5) is 5.00 Å². The maximum atomic E-state index is 8.62. The van der Waals surface area contributed by atoms with Gasteiger partial charge in [0, 0.05) is 18.1 Å². The topological polar surface area (TPSA) is 92.3 Å². The lowest BCUT2D eigenvalue weighted by atomic mass is 10.4. The van der Waals surface area contributed by atoms with Gasteiger partial charge in [-0.3, -0.25) is 0 Å². The lowest BCUT2D eigenvalue weighted by Gasteiger charge is -2.02. The van der Waals surface area contributed by atoms with Crippen LogP contribution in [0.1, 0.15) is 24.9 Å². The Hall–Kier alpha value is -2.01. The quantitative estimate of drug-likeness (QED) is 0.845. The Balaban J connectivity index is 2.08. The average Bonchev–Trinajstić information content (AvgIpc) is 2.96. The SMILES string of the molecule is CCCNc1snnc1Cn1cnc(C#N)n1. The summed E-state index contributed by atoms with van der Waals surface area (Å²) in [6, 6.07) is 1.88. The molecule has 0 amide bonds. The highest BCUT2D eigenvalue weighted by Crippen LogP contribution is 2.18. The van der Waals surface area contributed by atoms with E-state index in [-0.39, 0.29) is 5.82 Å². The fraction of sp³-hybridized carbons (Fsp3) is 0.444. The van der Waals surface area contributed by atoms with Gasteiger partial charge in [0.2, 0.25) is 0 Å². The molecule has 8 heteroatoms. The maximum absolute atomic E-state index is 8.62. The molecule has 0 bridgehead atoms. The van der Waals surface area contributed by atoms with Crippen molar-refractivity contribution in [3.63, 3.8) is 0 Å². The molecule has 0 radical (unpaired) electrons. The number of aromatic nitrogens is 5. The van der Waals surface area contributed by atoms with E-state index in [0.717, 1.165) is 23.7 Å². The highest BCUT2D eigenvalue weighted by atomic mass is 32.1. The minimum absolute atomic E-state index is 0.163. The first-order valence-electron chi connectivity index (χ1n) is 5.18. The van der Waals surface area contributed by atoms with Crippen LogP contribution in [0.3, 0.4) is 0 Å². The van der Waals surface area contributed by atoms with Gasteiger partial charge in [-0.25, -0.2) is 9.67 Å². The summed E-state index contributed by atoms with van der Waals surface area (Å²) in [7, 11) is 0. The molecule has 1 N–H and O–H groups in total. The van der Waals surface area contributed by atoms with Crippen LogP contribution in [0.5, 0.6) is 0 Å². The average molecular weight is 249 g/mol. The fourth-order valence-corrected chi connectivity index (χ4v) is 1.86. The first-order chi connectivity index (χ1) is 8.33. The number of nitriles is 1. The molecule has 0 spiro atoms. The van der Waals surface area contributed by atoms with Gasteiger partial charge in [-0.15, -0.1) is 10.2 Å². The Kier molecular flexibility index (Phi) is 3.62. The van der Waals surface area contributed by atoms with Crippen LogP contribution in [0.15, 0.2) is 6.33 Å². The third kappa shape index (κ3) is 2.76. The first kappa shape index (κ1) is 11.5. The zero-order valence-electron chi connectivity index (χ0n) is 9.29. The summed E-state index contributed by atoms with van der Waals surface area (Å²) in [6.45, 7) is 3.45. The van der Waals surface area contributed by atoms with Crippen molar-refractivity contribution in [2.24, 2.45) is 0 Å². The molecule has 0 aliphatic rings. The molecule has 17 heavy (non-hydrogen) atoms. The summed E-state index contributed by atoms with van der Waals surface area (Å²) in [5.41, 5.74) is 0.817. The van der Waals surface area contributed by atoms with Gasteiger partial charge in [0.15, 0.2) is 0 Å². The highest BCUT2D eigenvalue weighted by molar-refractivity contribution is 7.10. The van der Waals surface area contributed by atoms with Gasteiger partial charge >= 0.3 is 0 Å². The van der Waals surface area contributed by atoms with Crippen molar-refractivity contribution in [3.05, 3.63) is 17.8 Å².